The second-order valence-electron chi connectivity index (χ2n) is 4.03. The van der Waals surface area contributed by atoms with Gasteiger partial charge in [0.2, 0.25) is 0 Å². The van der Waals surface area contributed by atoms with Gasteiger partial charge in [-0.1, -0.05) is 0 Å². The summed E-state index contributed by atoms with van der Waals surface area (Å²) < 4.78 is 38.3. The maximum Gasteiger partial charge on any atom is 0.416 e. The predicted molar refractivity (Wildman–Crippen MR) is 74.6 cm³/mol. The third-order valence-electron chi connectivity index (χ3n) is 2.58. The molecule has 19 heavy (non-hydrogen) atoms. The van der Waals surface area contributed by atoms with E-state index < -0.39 is 11.7 Å². The van der Waals surface area contributed by atoms with Crippen LogP contribution in [0.4, 0.5) is 13.2 Å². The minimum Gasteiger partial charge on any atom is -0.326 e. The van der Waals surface area contributed by atoms with E-state index in [2.05, 4.69) is 0 Å². The first-order chi connectivity index (χ1) is 8.40. The lowest BCUT2D eigenvalue weighted by molar-refractivity contribution is -0.137. The van der Waals surface area contributed by atoms with Gasteiger partial charge in [0, 0.05) is 16.3 Å². The quantitative estimate of drug-likeness (QED) is 0.860. The van der Waals surface area contributed by atoms with Crippen LogP contribution in [0.5, 0.6) is 0 Å². The molecule has 0 amide bonds. The van der Waals surface area contributed by atoms with Gasteiger partial charge < -0.3 is 5.73 Å². The summed E-state index contributed by atoms with van der Waals surface area (Å²) in [5.74, 6) is 0. The molecule has 0 aliphatic rings. The van der Waals surface area contributed by atoms with E-state index in [1.54, 1.807) is 6.07 Å². The smallest absolute Gasteiger partial charge is 0.326 e. The SMILES string of the molecule is Cc1ccc(-c2cc(CN)cc(C(F)(F)F)c2)s1.Cl. The van der Waals surface area contributed by atoms with Crippen molar-refractivity contribution in [3.63, 3.8) is 0 Å². The van der Waals surface area contributed by atoms with Crippen LogP contribution in [0.2, 0.25) is 0 Å². The number of benzene rings is 1. The van der Waals surface area contributed by atoms with Gasteiger partial charge in [-0.15, -0.1) is 23.7 Å². The molecule has 0 saturated heterocycles. The Balaban J connectivity index is 0.00000180. The largest absolute Gasteiger partial charge is 0.416 e. The Morgan fingerprint density at radius 1 is 1.16 bits per heavy atom. The van der Waals surface area contributed by atoms with Crippen LogP contribution in [0, 0.1) is 6.92 Å². The van der Waals surface area contributed by atoms with Crippen molar-refractivity contribution in [1.29, 1.82) is 0 Å². The molecule has 2 aromatic rings. The number of aryl methyl sites for hydroxylation is 1. The van der Waals surface area contributed by atoms with Crippen LogP contribution in [0.25, 0.3) is 10.4 Å². The number of nitrogens with two attached hydrogens (primary N) is 1. The van der Waals surface area contributed by atoms with E-state index in [1.807, 2.05) is 19.1 Å². The third-order valence-corrected chi connectivity index (χ3v) is 3.63. The van der Waals surface area contributed by atoms with Gasteiger partial charge in [0.25, 0.3) is 0 Å². The van der Waals surface area contributed by atoms with E-state index in [0.29, 0.717) is 11.1 Å². The molecule has 2 N–H and O–H groups in total. The van der Waals surface area contributed by atoms with Crippen LogP contribution in [0.15, 0.2) is 30.3 Å². The molecule has 104 valence electrons. The van der Waals surface area contributed by atoms with Crippen molar-refractivity contribution in [3.8, 4) is 10.4 Å². The fraction of sp³-hybridized carbons (Fsp3) is 0.231. The maximum atomic E-state index is 12.8. The molecular weight excluding hydrogens is 295 g/mol. The summed E-state index contributed by atoms with van der Waals surface area (Å²) in [6, 6.07) is 7.70. The van der Waals surface area contributed by atoms with Crippen molar-refractivity contribution in [1.82, 2.24) is 0 Å². The molecule has 1 heterocycles. The molecule has 1 aromatic carbocycles. The monoisotopic (exact) mass is 307 g/mol. The molecule has 0 saturated carbocycles. The van der Waals surface area contributed by atoms with E-state index in [-0.39, 0.29) is 19.0 Å². The summed E-state index contributed by atoms with van der Waals surface area (Å²) >= 11 is 1.47. The molecule has 0 atom stereocenters. The Hall–Kier alpha value is -1.04. The zero-order chi connectivity index (χ0) is 13.3. The molecule has 0 fully saturated rings. The normalized spacial score (nSPS) is 11.2. The van der Waals surface area contributed by atoms with Crippen LogP contribution in [-0.2, 0) is 12.7 Å². The van der Waals surface area contributed by atoms with Crippen molar-refractivity contribution in [3.05, 3.63) is 46.3 Å². The molecule has 0 bridgehead atoms. The zero-order valence-corrected chi connectivity index (χ0v) is 11.8. The summed E-state index contributed by atoms with van der Waals surface area (Å²) in [7, 11) is 0. The van der Waals surface area contributed by atoms with E-state index in [9.17, 15) is 13.2 Å². The Morgan fingerprint density at radius 3 is 2.32 bits per heavy atom. The highest BCUT2D eigenvalue weighted by molar-refractivity contribution is 7.15. The van der Waals surface area contributed by atoms with E-state index >= 15 is 0 Å². The van der Waals surface area contributed by atoms with Crippen molar-refractivity contribution < 1.29 is 13.2 Å². The van der Waals surface area contributed by atoms with Crippen LogP contribution in [0.3, 0.4) is 0 Å². The van der Waals surface area contributed by atoms with Gasteiger partial charge >= 0.3 is 6.18 Å². The first-order valence-electron chi connectivity index (χ1n) is 5.38. The standard InChI is InChI=1S/C13H12F3NS.ClH/c1-8-2-3-12(18-8)10-4-9(7-17)5-11(6-10)13(14,15)16;/h2-6H,7,17H2,1H3;1H. The summed E-state index contributed by atoms with van der Waals surface area (Å²) in [4.78, 5) is 1.89. The number of rotatable bonds is 2. The average Bonchev–Trinajstić information content (AvgIpc) is 2.74. The van der Waals surface area contributed by atoms with Gasteiger partial charge in [0.05, 0.1) is 5.56 Å². The van der Waals surface area contributed by atoms with E-state index in [1.165, 1.54) is 17.4 Å². The summed E-state index contributed by atoms with van der Waals surface area (Å²) in [5, 5.41) is 0. The highest BCUT2D eigenvalue weighted by Crippen LogP contribution is 2.35. The Kier molecular flexibility index (Phi) is 5.01. The molecule has 0 spiro atoms. The second-order valence-corrected chi connectivity index (χ2v) is 5.32. The number of thiophene rings is 1. The lowest BCUT2D eigenvalue weighted by Gasteiger charge is -2.10. The van der Waals surface area contributed by atoms with Gasteiger partial charge in [-0.2, -0.15) is 13.2 Å². The number of hydrogen-bond donors (Lipinski definition) is 1. The van der Waals surface area contributed by atoms with E-state index in [4.69, 9.17) is 5.73 Å². The highest BCUT2D eigenvalue weighted by atomic mass is 35.5. The first-order valence-corrected chi connectivity index (χ1v) is 6.20. The lowest BCUT2D eigenvalue weighted by Crippen LogP contribution is -2.07. The topological polar surface area (TPSA) is 26.0 Å². The molecule has 1 aromatic heterocycles. The van der Waals surface area contributed by atoms with Crippen LogP contribution in [0.1, 0.15) is 16.0 Å². The highest BCUT2D eigenvalue weighted by Gasteiger charge is 2.31. The van der Waals surface area contributed by atoms with Crippen LogP contribution in [-0.4, -0.2) is 0 Å². The molecule has 1 nitrogen and oxygen atoms in total. The number of hydrogen-bond acceptors (Lipinski definition) is 2. The fourth-order valence-corrected chi connectivity index (χ4v) is 2.56. The van der Waals surface area contributed by atoms with E-state index in [0.717, 1.165) is 15.8 Å². The molecule has 0 aliphatic heterocycles. The number of alkyl halides is 3. The fourth-order valence-electron chi connectivity index (χ4n) is 1.71. The first kappa shape index (κ1) is 16.0. The molecule has 2 rings (SSSR count). The summed E-state index contributed by atoms with van der Waals surface area (Å²) in [6.45, 7) is 2.02. The summed E-state index contributed by atoms with van der Waals surface area (Å²) in [5.41, 5.74) is 5.87. The van der Waals surface area contributed by atoms with Crippen LogP contribution >= 0.6 is 23.7 Å². The minimum atomic E-state index is -4.34. The molecule has 0 aliphatic carbocycles. The third kappa shape index (κ3) is 3.72. The van der Waals surface area contributed by atoms with Crippen molar-refractivity contribution in [2.24, 2.45) is 5.73 Å². The number of halogens is 4. The Bertz CT molecular complexity index is 563. The van der Waals surface area contributed by atoms with Gasteiger partial charge in [0.15, 0.2) is 0 Å². The van der Waals surface area contributed by atoms with Crippen molar-refractivity contribution in [2.45, 2.75) is 19.6 Å². The maximum absolute atomic E-state index is 12.8. The molecule has 6 heteroatoms. The van der Waals surface area contributed by atoms with Crippen molar-refractivity contribution in [2.75, 3.05) is 0 Å². The Labute approximate surface area is 119 Å². The lowest BCUT2D eigenvalue weighted by atomic mass is 10.0. The minimum absolute atomic E-state index is 0. The van der Waals surface area contributed by atoms with Gasteiger partial charge in [0.1, 0.15) is 0 Å². The summed E-state index contributed by atoms with van der Waals surface area (Å²) in [6.07, 6.45) is -4.34. The molecular formula is C13H13ClF3NS. The predicted octanol–water partition coefficient (Wildman–Crippen LogP) is 4.62. The van der Waals surface area contributed by atoms with Gasteiger partial charge in [-0.05, 0) is 48.4 Å². The van der Waals surface area contributed by atoms with Gasteiger partial charge in [-0.25, -0.2) is 0 Å². The molecule has 0 radical (unpaired) electrons. The Morgan fingerprint density at radius 2 is 1.84 bits per heavy atom. The van der Waals surface area contributed by atoms with Crippen LogP contribution < -0.4 is 5.73 Å². The van der Waals surface area contributed by atoms with Gasteiger partial charge in [-0.3, -0.25) is 0 Å². The zero-order valence-electron chi connectivity index (χ0n) is 10.1. The van der Waals surface area contributed by atoms with Crippen molar-refractivity contribution >= 4 is 23.7 Å². The average molecular weight is 308 g/mol. The second kappa shape index (κ2) is 5.94. The molecule has 0 unspecified atom stereocenters.